The zero-order valence-corrected chi connectivity index (χ0v) is 38.6. The number of hydrogen-bond acceptors (Lipinski definition) is 12. The molecule has 0 unspecified atom stereocenters. The van der Waals surface area contributed by atoms with Crippen LogP contribution in [0.3, 0.4) is 0 Å². The molecule has 2 saturated carbocycles. The van der Waals surface area contributed by atoms with Gasteiger partial charge in [0.2, 0.25) is 21.8 Å². The monoisotopic (exact) mass is 946 g/mol. The number of morpholine rings is 1. The van der Waals surface area contributed by atoms with E-state index in [1.165, 1.54) is 17.9 Å². The summed E-state index contributed by atoms with van der Waals surface area (Å²) in [5.74, 6) is -3.00. The van der Waals surface area contributed by atoms with Gasteiger partial charge in [-0.3, -0.25) is 24.0 Å². The number of nitrogens with zero attached hydrogens (tertiary/aromatic N) is 3. The summed E-state index contributed by atoms with van der Waals surface area (Å²) in [5.41, 5.74) is -4.10. The molecule has 0 radical (unpaired) electrons. The average Bonchev–Trinajstić information content (AvgIpc) is 4.17. The molecule has 1 aromatic heterocycles. The fourth-order valence-corrected chi connectivity index (χ4v) is 10.8. The van der Waals surface area contributed by atoms with Gasteiger partial charge in [0.25, 0.3) is 5.91 Å². The second-order valence-corrected chi connectivity index (χ2v) is 21.7. The molecule has 4 amide bonds. The number of aromatic nitrogens is 1. The van der Waals surface area contributed by atoms with Gasteiger partial charge in [-0.15, -0.1) is 0 Å². The molecule has 0 bridgehead atoms. The van der Waals surface area contributed by atoms with Crippen LogP contribution in [0.1, 0.15) is 103 Å². The number of carbonyl (C=O) groups excluding carboxylic acids is 4. The predicted molar refractivity (Wildman–Crippen MR) is 235 cm³/mol. The largest absolute Gasteiger partial charge is 0.494 e. The Hall–Kier alpha value is -4.69. The first-order valence-electron chi connectivity index (χ1n) is 23.3. The van der Waals surface area contributed by atoms with Crippen molar-refractivity contribution < 1.29 is 59.7 Å². The maximum atomic E-state index is 15.0. The Morgan fingerprint density at radius 3 is 2.58 bits per heavy atom. The van der Waals surface area contributed by atoms with E-state index in [1.807, 2.05) is 19.9 Å². The number of carbonyl (C=O) groups is 4. The van der Waals surface area contributed by atoms with E-state index in [2.05, 4.69) is 25.2 Å². The standard InChI is InChI=1S/C46H61F3N6O10S/c1-29(2)27-64-42(59)51-35-11-8-6-4-5-7-10-30-25-45(30,41(58)53-66(60,61)43(3)16-17-43)52-39(56)36-26-44(28-55(36)40(35)57)15-14-32-33-24-31(63-21-9-18-54-19-22-62-23-20-54)12-13-34(33)50-38(37(32)65-44)46(47,48)49/h7,10,12-13,24,29-30,35-36H,4-6,8-9,11,14-23,25-28H2,1-3H3,(H,51,59)(H,52,56)(H,53,58)/b10-7-/t30-,35+,36+,44-,45-/m1/s1. The number of nitrogens with one attached hydrogen (secondary N) is 3. The lowest BCUT2D eigenvalue weighted by Crippen LogP contribution is -2.58. The van der Waals surface area contributed by atoms with Crippen LogP contribution in [0, 0.1) is 11.8 Å². The van der Waals surface area contributed by atoms with Gasteiger partial charge in [-0.25, -0.2) is 18.2 Å². The van der Waals surface area contributed by atoms with Crippen LogP contribution in [0.25, 0.3) is 10.9 Å². The van der Waals surface area contributed by atoms with Crippen LogP contribution in [-0.2, 0) is 46.5 Å². The zero-order chi connectivity index (χ0) is 47.1. The highest BCUT2D eigenvalue weighted by Gasteiger charge is 2.64. The zero-order valence-electron chi connectivity index (χ0n) is 37.8. The number of sulfonamides is 1. The summed E-state index contributed by atoms with van der Waals surface area (Å²) in [7, 11) is -4.10. The minimum Gasteiger partial charge on any atom is -0.494 e. The van der Waals surface area contributed by atoms with Gasteiger partial charge in [-0.2, -0.15) is 13.2 Å². The topological polar surface area (TPSA) is 195 Å². The molecule has 2 aromatic rings. The average molecular weight is 947 g/mol. The number of hydrogen-bond donors (Lipinski definition) is 3. The van der Waals surface area contributed by atoms with Gasteiger partial charge < -0.3 is 34.5 Å². The molecule has 66 heavy (non-hydrogen) atoms. The number of pyridine rings is 1. The predicted octanol–water partition coefficient (Wildman–Crippen LogP) is 5.16. The van der Waals surface area contributed by atoms with Crippen molar-refractivity contribution in [1.29, 1.82) is 0 Å². The van der Waals surface area contributed by atoms with E-state index in [-0.39, 0.29) is 62.3 Å². The van der Waals surface area contributed by atoms with E-state index in [0.29, 0.717) is 69.5 Å². The number of aryl methyl sites for hydroxylation is 1. The summed E-state index contributed by atoms with van der Waals surface area (Å²) in [6.07, 6.45) is 2.00. The number of alkyl halides is 3. The van der Waals surface area contributed by atoms with Crippen LogP contribution in [0.4, 0.5) is 18.0 Å². The third kappa shape index (κ3) is 10.2. The fourth-order valence-electron chi connectivity index (χ4n) is 9.52. The quantitative estimate of drug-likeness (QED) is 0.198. The van der Waals surface area contributed by atoms with Gasteiger partial charge in [0, 0.05) is 42.9 Å². The van der Waals surface area contributed by atoms with Gasteiger partial charge in [0.1, 0.15) is 29.0 Å². The van der Waals surface area contributed by atoms with Gasteiger partial charge in [-0.05, 0) is 88.8 Å². The summed E-state index contributed by atoms with van der Waals surface area (Å²) in [6.45, 7) is 9.20. The number of alkyl carbamates (subject to hydrolysis) is 1. The molecule has 5 heterocycles. The van der Waals surface area contributed by atoms with Crippen LogP contribution >= 0.6 is 0 Å². The second-order valence-electron chi connectivity index (χ2n) is 19.5. The number of fused-ring (bicyclic) bond motifs is 5. The Morgan fingerprint density at radius 1 is 1.08 bits per heavy atom. The van der Waals surface area contributed by atoms with Crippen molar-refractivity contribution in [3.63, 3.8) is 0 Å². The third-order valence-electron chi connectivity index (χ3n) is 13.9. The minimum atomic E-state index is -4.95. The molecule has 20 heteroatoms. The molecule has 3 N–H and O–H groups in total. The molecule has 362 valence electrons. The maximum absolute atomic E-state index is 15.0. The lowest BCUT2D eigenvalue weighted by atomic mass is 9.87. The van der Waals surface area contributed by atoms with Crippen molar-refractivity contribution in [1.82, 2.24) is 30.1 Å². The van der Waals surface area contributed by atoms with Crippen molar-refractivity contribution in [2.75, 3.05) is 52.6 Å². The highest BCUT2D eigenvalue weighted by molar-refractivity contribution is 7.91. The number of amides is 4. The molecular formula is C46H61F3N6O10S. The molecule has 2 saturated heterocycles. The van der Waals surface area contributed by atoms with Gasteiger partial charge in [0.05, 0.1) is 43.2 Å². The first-order valence-corrected chi connectivity index (χ1v) is 24.8. The van der Waals surface area contributed by atoms with Crippen LogP contribution in [0.5, 0.6) is 11.5 Å². The van der Waals surface area contributed by atoms with E-state index in [4.69, 9.17) is 18.9 Å². The van der Waals surface area contributed by atoms with Crippen LogP contribution < -0.4 is 24.8 Å². The van der Waals surface area contributed by atoms with E-state index in [1.54, 1.807) is 18.2 Å². The Labute approximate surface area is 383 Å². The van der Waals surface area contributed by atoms with Crippen molar-refractivity contribution in [3.05, 3.63) is 41.6 Å². The van der Waals surface area contributed by atoms with Crippen molar-refractivity contribution in [3.8, 4) is 11.5 Å². The third-order valence-corrected chi connectivity index (χ3v) is 16.0. The van der Waals surface area contributed by atoms with Crippen LogP contribution in [0.2, 0.25) is 0 Å². The summed E-state index contributed by atoms with van der Waals surface area (Å²) in [4.78, 5) is 64.3. The van der Waals surface area contributed by atoms with E-state index in [0.717, 1.165) is 26.1 Å². The van der Waals surface area contributed by atoms with Crippen molar-refractivity contribution in [2.24, 2.45) is 11.8 Å². The SMILES string of the molecule is CC(C)COC(=O)N[C@H]1CCCCC/C=C\[C@@H]2C[C@@]2(C(=O)NS(=O)(=O)C2(C)CC2)NC(=O)[C@@H]2C[C@]3(CCc4c(c(C(F)(F)F)nc5ccc(OCCCN6CCOCC6)cc45)O3)CN2C1=O. The van der Waals surface area contributed by atoms with Crippen molar-refractivity contribution in [2.45, 2.75) is 132 Å². The summed E-state index contributed by atoms with van der Waals surface area (Å²) >= 11 is 0. The number of halogens is 3. The number of ether oxygens (including phenoxy) is 4. The Kier molecular flexibility index (Phi) is 13.6. The lowest BCUT2D eigenvalue weighted by molar-refractivity contribution is -0.144. The lowest BCUT2D eigenvalue weighted by Gasteiger charge is -2.37. The molecule has 1 spiro atoms. The second kappa shape index (κ2) is 18.8. The molecule has 4 fully saturated rings. The fraction of sp³-hybridized carbons (Fsp3) is 0.674. The first kappa shape index (κ1) is 47.8. The summed E-state index contributed by atoms with van der Waals surface area (Å²) in [6, 6.07) is 2.17. The Bertz CT molecular complexity index is 2340. The molecule has 5 atom stereocenters. The molecule has 4 aliphatic heterocycles. The normalized spacial score (nSPS) is 28.5. The number of rotatable bonds is 11. The highest BCUT2D eigenvalue weighted by Crippen LogP contribution is 2.50. The Balaban J connectivity index is 1.11. The maximum Gasteiger partial charge on any atom is 0.437 e. The number of allylic oxidation sites excluding steroid dienone is 1. The number of benzene rings is 1. The van der Waals surface area contributed by atoms with E-state index in [9.17, 15) is 27.6 Å². The van der Waals surface area contributed by atoms with Crippen LogP contribution in [0.15, 0.2) is 30.4 Å². The van der Waals surface area contributed by atoms with Gasteiger partial charge in [-0.1, -0.05) is 38.8 Å². The van der Waals surface area contributed by atoms with Gasteiger partial charge in [0.15, 0.2) is 11.4 Å². The van der Waals surface area contributed by atoms with E-state index < -0.39 is 85.3 Å². The molecule has 8 rings (SSSR count). The molecule has 16 nitrogen and oxygen atoms in total. The molecular weight excluding hydrogens is 886 g/mol. The molecule has 2 aliphatic carbocycles. The first-order chi connectivity index (χ1) is 31.3. The summed E-state index contributed by atoms with van der Waals surface area (Å²) < 4.78 is 96.0. The minimum absolute atomic E-state index is 0.000980. The summed E-state index contributed by atoms with van der Waals surface area (Å²) in [5, 5.41) is 5.91. The molecule has 1 aromatic carbocycles. The van der Waals surface area contributed by atoms with Crippen molar-refractivity contribution >= 4 is 44.7 Å². The van der Waals surface area contributed by atoms with Gasteiger partial charge >= 0.3 is 12.3 Å². The highest BCUT2D eigenvalue weighted by atomic mass is 32.2. The van der Waals surface area contributed by atoms with Crippen LogP contribution in [-0.4, -0.2) is 128 Å². The smallest absolute Gasteiger partial charge is 0.437 e. The Morgan fingerprint density at radius 2 is 1.85 bits per heavy atom. The van der Waals surface area contributed by atoms with E-state index >= 15 is 13.2 Å². The molecule has 6 aliphatic rings.